The first-order valence-electron chi connectivity index (χ1n) is 5.42. The van der Waals surface area contributed by atoms with Crippen LogP contribution in [0.1, 0.15) is 36.8 Å². The number of halogens is 4. The molecule has 1 N–H and O–H groups in total. The molecule has 1 aliphatic rings. The Morgan fingerprint density at radius 1 is 1.18 bits per heavy atom. The summed E-state index contributed by atoms with van der Waals surface area (Å²) in [6.07, 6.45) is -1.32. The van der Waals surface area contributed by atoms with Gasteiger partial charge in [0.05, 0.1) is 11.2 Å². The standard InChI is InChI=1S/C12H12BrF3O/c13-10-7-8(12(14,15)16)3-4-9(10)11(17)5-1-2-6-11/h3-4,7,17H,1-2,5-6H2. The minimum atomic E-state index is -4.35. The highest BCUT2D eigenvalue weighted by Crippen LogP contribution is 2.43. The Hall–Kier alpha value is -0.550. The average molecular weight is 309 g/mol. The molecule has 2 rings (SSSR count). The van der Waals surface area contributed by atoms with Crippen LogP contribution in [0.2, 0.25) is 0 Å². The summed E-state index contributed by atoms with van der Waals surface area (Å²) in [4.78, 5) is 0. The summed E-state index contributed by atoms with van der Waals surface area (Å²) in [5.41, 5.74) is -1.11. The minimum absolute atomic E-state index is 0.330. The van der Waals surface area contributed by atoms with Gasteiger partial charge >= 0.3 is 6.18 Å². The van der Waals surface area contributed by atoms with Crippen LogP contribution in [-0.4, -0.2) is 5.11 Å². The number of hydrogen-bond donors (Lipinski definition) is 1. The van der Waals surface area contributed by atoms with Crippen LogP contribution in [0, 0.1) is 0 Å². The number of aliphatic hydroxyl groups is 1. The predicted octanol–water partition coefficient (Wildman–Crippen LogP) is 4.23. The first kappa shape index (κ1) is 12.9. The van der Waals surface area contributed by atoms with Crippen molar-refractivity contribution in [3.63, 3.8) is 0 Å². The molecule has 0 atom stereocenters. The molecule has 5 heteroatoms. The van der Waals surface area contributed by atoms with Gasteiger partial charge in [-0.15, -0.1) is 0 Å². The molecule has 0 unspecified atom stereocenters. The van der Waals surface area contributed by atoms with E-state index in [1.54, 1.807) is 0 Å². The van der Waals surface area contributed by atoms with E-state index in [-0.39, 0.29) is 0 Å². The van der Waals surface area contributed by atoms with Gasteiger partial charge in [0.25, 0.3) is 0 Å². The monoisotopic (exact) mass is 308 g/mol. The third-order valence-electron chi connectivity index (χ3n) is 3.23. The molecule has 0 heterocycles. The molecule has 1 aromatic rings. The van der Waals surface area contributed by atoms with Crippen LogP contribution in [0.4, 0.5) is 13.2 Å². The van der Waals surface area contributed by atoms with E-state index in [2.05, 4.69) is 15.9 Å². The molecule has 1 aromatic carbocycles. The van der Waals surface area contributed by atoms with E-state index in [9.17, 15) is 18.3 Å². The smallest absolute Gasteiger partial charge is 0.385 e. The van der Waals surface area contributed by atoms with E-state index in [4.69, 9.17) is 0 Å². The highest BCUT2D eigenvalue weighted by molar-refractivity contribution is 9.10. The summed E-state index contributed by atoms with van der Waals surface area (Å²) in [5, 5.41) is 10.3. The zero-order valence-electron chi connectivity index (χ0n) is 9.02. The molecule has 0 saturated heterocycles. The van der Waals surface area contributed by atoms with Crippen LogP contribution >= 0.6 is 15.9 Å². The summed E-state index contributed by atoms with van der Waals surface area (Å²) in [6, 6.07) is 3.43. The maximum Gasteiger partial charge on any atom is 0.416 e. The van der Waals surface area contributed by atoms with Crippen LogP contribution < -0.4 is 0 Å². The average Bonchev–Trinajstić information content (AvgIpc) is 2.64. The van der Waals surface area contributed by atoms with E-state index in [0.29, 0.717) is 22.9 Å². The molecule has 1 aliphatic carbocycles. The van der Waals surface area contributed by atoms with Gasteiger partial charge in [0.2, 0.25) is 0 Å². The number of rotatable bonds is 1. The molecule has 1 nitrogen and oxygen atoms in total. The van der Waals surface area contributed by atoms with Crippen molar-refractivity contribution >= 4 is 15.9 Å². The second-order valence-corrected chi connectivity index (χ2v) is 5.29. The van der Waals surface area contributed by atoms with E-state index in [1.807, 2.05) is 0 Å². The third kappa shape index (κ3) is 2.50. The zero-order chi connectivity index (χ0) is 12.7. The Kier molecular flexibility index (Phi) is 3.25. The van der Waals surface area contributed by atoms with E-state index in [0.717, 1.165) is 25.0 Å². The fourth-order valence-electron chi connectivity index (χ4n) is 2.30. The van der Waals surface area contributed by atoms with Gasteiger partial charge in [-0.05, 0) is 30.5 Å². The van der Waals surface area contributed by atoms with Crippen LogP contribution in [0.3, 0.4) is 0 Å². The normalized spacial score (nSPS) is 19.6. The maximum atomic E-state index is 12.5. The lowest BCUT2D eigenvalue weighted by Crippen LogP contribution is -2.21. The van der Waals surface area contributed by atoms with Crippen molar-refractivity contribution in [3.05, 3.63) is 33.8 Å². The van der Waals surface area contributed by atoms with Crippen LogP contribution in [0.15, 0.2) is 22.7 Å². The van der Waals surface area contributed by atoms with Crippen molar-refractivity contribution in [1.82, 2.24) is 0 Å². The molecule has 17 heavy (non-hydrogen) atoms. The SMILES string of the molecule is OC1(c2ccc(C(F)(F)F)cc2Br)CCCC1. The van der Waals surface area contributed by atoms with Gasteiger partial charge in [0.1, 0.15) is 0 Å². The Labute approximate surface area is 106 Å². The molecular formula is C12H12BrF3O. The number of benzene rings is 1. The summed E-state index contributed by atoms with van der Waals surface area (Å²) in [7, 11) is 0. The van der Waals surface area contributed by atoms with Gasteiger partial charge in [-0.2, -0.15) is 13.2 Å². The van der Waals surface area contributed by atoms with Crippen molar-refractivity contribution in [3.8, 4) is 0 Å². The van der Waals surface area contributed by atoms with Gasteiger partial charge in [-0.1, -0.05) is 34.8 Å². The zero-order valence-corrected chi connectivity index (χ0v) is 10.6. The van der Waals surface area contributed by atoms with Gasteiger partial charge < -0.3 is 5.11 Å². The minimum Gasteiger partial charge on any atom is -0.385 e. The molecule has 0 spiro atoms. The highest BCUT2D eigenvalue weighted by atomic mass is 79.9. The molecule has 0 radical (unpaired) electrons. The lowest BCUT2D eigenvalue weighted by Gasteiger charge is -2.24. The maximum absolute atomic E-state index is 12.5. The third-order valence-corrected chi connectivity index (χ3v) is 3.88. The molecule has 94 valence electrons. The van der Waals surface area contributed by atoms with Crippen LogP contribution in [-0.2, 0) is 11.8 Å². The molecule has 1 saturated carbocycles. The summed E-state index contributed by atoms with van der Waals surface area (Å²) >= 11 is 3.12. The fraction of sp³-hybridized carbons (Fsp3) is 0.500. The lowest BCUT2D eigenvalue weighted by molar-refractivity contribution is -0.137. The fourth-order valence-corrected chi connectivity index (χ4v) is 3.05. The van der Waals surface area contributed by atoms with E-state index in [1.165, 1.54) is 6.07 Å². The lowest BCUT2D eigenvalue weighted by atomic mass is 9.91. The predicted molar refractivity (Wildman–Crippen MR) is 61.5 cm³/mol. The number of alkyl halides is 3. The van der Waals surface area contributed by atoms with Gasteiger partial charge in [-0.25, -0.2) is 0 Å². The van der Waals surface area contributed by atoms with Crippen molar-refractivity contribution < 1.29 is 18.3 Å². The first-order chi connectivity index (χ1) is 7.83. The van der Waals surface area contributed by atoms with Gasteiger partial charge in [-0.3, -0.25) is 0 Å². The van der Waals surface area contributed by atoms with Crippen molar-refractivity contribution in [2.75, 3.05) is 0 Å². The van der Waals surface area contributed by atoms with E-state index < -0.39 is 17.3 Å². The molecule has 1 fully saturated rings. The largest absolute Gasteiger partial charge is 0.416 e. The quantitative estimate of drug-likeness (QED) is 0.823. The summed E-state index contributed by atoms with van der Waals surface area (Å²) < 4.78 is 37.8. The Balaban J connectivity index is 2.38. The molecule has 0 aromatic heterocycles. The van der Waals surface area contributed by atoms with Crippen molar-refractivity contribution in [1.29, 1.82) is 0 Å². The Morgan fingerprint density at radius 3 is 2.24 bits per heavy atom. The Morgan fingerprint density at radius 2 is 1.76 bits per heavy atom. The van der Waals surface area contributed by atoms with Crippen molar-refractivity contribution in [2.24, 2.45) is 0 Å². The Bertz CT molecular complexity index is 422. The molecular weight excluding hydrogens is 297 g/mol. The highest BCUT2D eigenvalue weighted by Gasteiger charge is 2.36. The van der Waals surface area contributed by atoms with Gasteiger partial charge in [0, 0.05) is 4.47 Å². The summed E-state index contributed by atoms with van der Waals surface area (Å²) in [6.45, 7) is 0. The number of hydrogen-bond acceptors (Lipinski definition) is 1. The second kappa shape index (κ2) is 4.28. The molecule has 0 aliphatic heterocycles. The molecule has 0 amide bonds. The van der Waals surface area contributed by atoms with Crippen LogP contribution in [0.5, 0.6) is 0 Å². The summed E-state index contributed by atoms with van der Waals surface area (Å²) in [5.74, 6) is 0. The van der Waals surface area contributed by atoms with Crippen molar-refractivity contribution in [2.45, 2.75) is 37.5 Å². The van der Waals surface area contributed by atoms with Crippen LogP contribution in [0.25, 0.3) is 0 Å². The second-order valence-electron chi connectivity index (χ2n) is 4.43. The van der Waals surface area contributed by atoms with E-state index >= 15 is 0 Å². The molecule has 0 bridgehead atoms. The topological polar surface area (TPSA) is 20.2 Å². The first-order valence-corrected chi connectivity index (χ1v) is 6.22. The van der Waals surface area contributed by atoms with Gasteiger partial charge in [0.15, 0.2) is 0 Å².